The number of H-pyrrole nitrogens is 1. The van der Waals surface area contributed by atoms with E-state index in [0.29, 0.717) is 39.2 Å². The number of carbonyl (C=O) groups excluding carboxylic acids is 2. The Balaban J connectivity index is 1.42. The lowest BCUT2D eigenvalue weighted by atomic mass is 10.0. The average molecular weight is 416 g/mol. The zero-order valence-electron chi connectivity index (χ0n) is 14.5. The Bertz CT molecular complexity index is 1020. The van der Waals surface area contributed by atoms with Crippen molar-refractivity contribution in [2.75, 3.05) is 5.32 Å². The van der Waals surface area contributed by atoms with Gasteiger partial charge in [0.05, 0.1) is 15.6 Å². The van der Waals surface area contributed by atoms with Crippen LogP contribution in [0.4, 0.5) is 5.82 Å². The van der Waals surface area contributed by atoms with Gasteiger partial charge in [0.1, 0.15) is 18.0 Å². The molecule has 0 radical (unpaired) electrons. The molecule has 28 heavy (non-hydrogen) atoms. The first-order chi connectivity index (χ1) is 13.5. The standard InChI is InChI=1S/C19H15Cl2N5O2/c20-13-2-1-3-14(21)17(13)15(27)6-10-4-5-22-16(7-10)25-19(28)12-8-11(12)18-23-9-24-26-18/h1-5,7,9,11-12H,6,8H2,(H,22,25,28)(H,23,24,26)/t11-,12+/m1/s1. The number of aromatic nitrogens is 4. The van der Waals surface area contributed by atoms with Gasteiger partial charge in [-0.05, 0) is 36.2 Å². The molecule has 0 bridgehead atoms. The van der Waals surface area contributed by atoms with Crippen LogP contribution in [-0.4, -0.2) is 31.9 Å². The van der Waals surface area contributed by atoms with E-state index in [0.717, 1.165) is 0 Å². The molecule has 4 rings (SSSR count). The van der Waals surface area contributed by atoms with Gasteiger partial charge in [-0.3, -0.25) is 14.7 Å². The minimum Gasteiger partial charge on any atom is -0.310 e. The van der Waals surface area contributed by atoms with E-state index in [1.807, 2.05) is 0 Å². The predicted molar refractivity (Wildman–Crippen MR) is 105 cm³/mol. The van der Waals surface area contributed by atoms with Crippen LogP contribution >= 0.6 is 23.2 Å². The van der Waals surface area contributed by atoms with Crippen LogP contribution in [0.2, 0.25) is 10.0 Å². The van der Waals surface area contributed by atoms with Gasteiger partial charge in [0.15, 0.2) is 5.78 Å². The van der Waals surface area contributed by atoms with Crippen LogP contribution in [0.3, 0.4) is 0 Å². The van der Waals surface area contributed by atoms with Crippen molar-refractivity contribution in [3.8, 4) is 0 Å². The quantitative estimate of drug-likeness (QED) is 0.598. The molecule has 0 unspecified atom stereocenters. The summed E-state index contributed by atoms with van der Waals surface area (Å²) in [6.07, 6.45) is 3.78. The monoisotopic (exact) mass is 415 g/mol. The maximum Gasteiger partial charge on any atom is 0.229 e. The molecule has 2 heterocycles. The van der Waals surface area contributed by atoms with Gasteiger partial charge < -0.3 is 5.32 Å². The van der Waals surface area contributed by atoms with Crippen LogP contribution in [0.25, 0.3) is 0 Å². The first-order valence-corrected chi connectivity index (χ1v) is 9.37. The Hall–Kier alpha value is -2.77. The van der Waals surface area contributed by atoms with Gasteiger partial charge in [0.25, 0.3) is 0 Å². The third-order valence-electron chi connectivity index (χ3n) is 4.59. The number of benzene rings is 1. The van der Waals surface area contributed by atoms with E-state index in [1.165, 1.54) is 6.33 Å². The molecule has 1 aliphatic rings. The number of hydrogen-bond donors (Lipinski definition) is 2. The third kappa shape index (κ3) is 3.90. The zero-order chi connectivity index (χ0) is 19.7. The van der Waals surface area contributed by atoms with Crippen LogP contribution in [0.1, 0.15) is 34.1 Å². The normalized spacial score (nSPS) is 17.9. The van der Waals surface area contributed by atoms with Gasteiger partial charge in [0, 0.05) is 24.5 Å². The summed E-state index contributed by atoms with van der Waals surface area (Å²) in [5.74, 6) is 0.655. The smallest absolute Gasteiger partial charge is 0.229 e. The second kappa shape index (κ2) is 7.69. The van der Waals surface area contributed by atoms with Gasteiger partial charge in [-0.15, -0.1) is 0 Å². The number of ketones is 1. The summed E-state index contributed by atoms with van der Waals surface area (Å²) in [4.78, 5) is 33.2. The number of carbonyl (C=O) groups is 2. The largest absolute Gasteiger partial charge is 0.310 e. The van der Waals surface area contributed by atoms with Crippen molar-refractivity contribution in [3.05, 3.63) is 69.9 Å². The minimum absolute atomic E-state index is 0.0506. The molecule has 142 valence electrons. The predicted octanol–water partition coefficient (Wildman–Crippen LogP) is 3.67. The highest BCUT2D eigenvalue weighted by Crippen LogP contribution is 2.46. The van der Waals surface area contributed by atoms with Crippen LogP contribution in [-0.2, 0) is 11.2 Å². The van der Waals surface area contributed by atoms with Gasteiger partial charge in [-0.1, -0.05) is 29.3 Å². The second-order valence-electron chi connectivity index (χ2n) is 6.55. The molecule has 1 fully saturated rings. The van der Waals surface area contributed by atoms with E-state index in [4.69, 9.17) is 23.2 Å². The van der Waals surface area contributed by atoms with Crippen LogP contribution < -0.4 is 5.32 Å². The summed E-state index contributed by atoms with van der Waals surface area (Å²) in [5, 5.41) is 10.0. The first kappa shape index (κ1) is 18.6. The Kier molecular flexibility index (Phi) is 5.11. The topological polar surface area (TPSA) is 101 Å². The van der Waals surface area contributed by atoms with Gasteiger partial charge in [-0.2, -0.15) is 5.10 Å². The molecule has 0 aliphatic heterocycles. The number of amides is 1. The highest BCUT2D eigenvalue weighted by Gasteiger charge is 2.46. The molecule has 1 aliphatic carbocycles. The molecule has 0 saturated heterocycles. The summed E-state index contributed by atoms with van der Waals surface area (Å²) in [7, 11) is 0. The highest BCUT2D eigenvalue weighted by atomic mass is 35.5. The number of Topliss-reactive ketones (excluding diaryl/α,β-unsaturated/α-hetero) is 1. The van der Waals surface area contributed by atoms with Crippen molar-refractivity contribution in [3.63, 3.8) is 0 Å². The third-order valence-corrected chi connectivity index (χ3v) is 5.22. The maximum absolute atomic E-state index is 12.6. The van der Waals surface area contributed by atoms with E-state index in [1.54, 1.807) is 36.5 Å². The molecule has 1 aromatic carbocycles. The van der Waals surface area contributed by atoms with Crippen molar-refractivity contribution >= 4 is 40.7 Å². The zero-order valence-corrected chi connectivity index (χ0v) is 16.0. The molecule has 1 amide bonds. The molecule has 2 atom stereocenters. The Morgan fingerprint density at radius 2 is 1.96 bits per heavy atom. The fraction of sp³-hybridized carbons (Fsp3) is 0.211. The van der Waals surface area contributed by atoms with E-state index < -0.39 is 0 Å². The summed E-state index contributed by atoms with van der Waals surface area (Å²) < 4.78 is 0. The van der Waals surface area contributed by atoms with Crippen molar-refractivity contribution < 1.29 is 9.59 Å². The molecule has 7 nitrogen and oxygen atoms in total. The van der Waals surface area contributed by atoms with E-state index in [2.05, 4.69) is 25.5 Å². The fourth-order valence-electron chi connectivity index (χ4n) is 3.09. The van der Waals surface area contributed by atoms with Gasteiger partial charge in [-0.25, -0.2) is 9.97 Å². The number of hydrogen-bond acceptors (Lipinski definition) is 5. The Morgan fingerprint density at radius 3 is 2.68 bits per heavy atom. The van der Waals surface area contributed by atoms with E-state index in [-0.39, 0.29) is 29.9 Å². The lowest BCUT2D eigenvalue weighted by Gasteiger charge is -2.08. The van der Waals surface area contributed by atoms with E-state index in [9.17, 15) is 9.59 Å². The Labute approximate surface area is 170 Å². The number of halogens is 2. The maximum atomic E-state index is 12.6. The number of aromatic amines is 1. The number of anilines is 1. The van der Waals surface area contributed by atoms with Crippen molar-refractivity contribution in [2.45, 2.75) is 18.8 Å². The van der Waals surface area contributed by atoms with Crippen molar-refractivity contribution in [2.24, 2.45) is 5.92 Å². The molecule has 3 aromatic rings. The first-order valence-electron chi connectivity index (χ1n) is 8.61. The summed E-state index contributed by atoms with van der Waals surface area (Å²) >= 11 is 12.2. The fourth-order valence-corrected chi connectivity index (χ4v) is 3.70. The second-order valence-corrected chi connectivity index (χ2v) is 7.37. The van der Waals surface area contributed by atoms with Crippen molar-refractivity contribution in [1.82, 2.24) is 20.2 Å². The number of nitrogens with one attached hydrogen (secondary N) is 2. The Morgan fingerprint density at radius 1 is 1.18 bits per heavy atom. The molecular weight excluding hydrogens is 401 g/mol. The highest BCUT2D eigenvalue weighted by molar-refractivity contribution is 6.39. The molecule has 2 aromatic heterocycles. The van der Waals surface area contributed by atoms with Crippen molar-refractivity contribution in [1.29, 1.82) is 0 Å². The molecule has 2 N–H and O–H groups in total. The van der Waals surface area contributed by atoms with Crippen LogP contribution in [0.15, 0.2) is 42.9 Å². The number of pyridine rings is 1. The molecular formula is C19H15Cl2N5O2. The lowest BCUT2D eigenvalue weighted by molar-refractivity contribution is -0.117. The van der Waals surface area contributed by atoms with Gasteiger partial charge >= 0.3 is 0 Å². The summed E-state index contributed by atoms with van der Waals surface area (Å²) in [5.41, 5.74) is 0.995. The summed E-state index contributed by atoms with van der Waals surface area (Å²) in [6, 6.07) is 8.32. The average Bonchev–Trinajstić information content (AvgIpc) is 3.27. The van der Waals surface area contributed by atoms with Gasteiger partial charge in [0.2, 0.25) is 5.91 Å². The number of rotatable bonds is 6. The molecule has 9 heteroatoms. The summed E-state index contributed by atoms with van der Waals surface area (Å²) in [6.45, 7) is 0. The SMILES string of the molecule is O=C(Cc1ccnc(NC(=O)[C@H]2C[C@H]2c2ncn[nH]2)c1)c1c(Cl)cccc1Cl. The minimum atomic E-state index is -0.202. The van der Waals surface area contributed by atoms with Crippen LogP contribution in [0, 0.1) is 5.92 Å². The lowest BCUT2D eigenvalue weighted by Crippen LogP contribution is -2.16. The number of nitrogens with zero attached hydrogens (tertiary/aromatic N) is 3. The molecule has 1 saturated carbocycles. The van der Waals surface area contributed by atoms with E-state index >= 15 is 0 Å². The molecule has 0 spiro atoms. The van der Waals surface area contributed by atoms with Crippen LogP contribution in [0.5, 0.6) is 0 Å².